The van der Waals surface area contributed by atoms with E-state index in [4.69, 9.17) is 0 Å². The van der Waals surface area contributed by atoms with E-state index in [9.17, 15) is 14.7 Å². The minimum atomic E-state index is -1.06. The zero-order valence-electron chi connectivity index (χ0n) is 12.0. The summed E-state index contributed by atoms with van der Waals surface area (Å²) in [5.41, 5.74) is 1.02. The molecule has 0 aliphatic carbocycles. The monoisotopic (exact) mass is 342 g/mol. The van der Waals surface area contributed by atoms with Gasteiger partial charge in [-0.25, -0.2) is 9.59 Å². The van der Waals surface area contributed by atoms with Gasteiger partial charge in [0.25, 0.3) is 0 Å². The van der Waals surface area contributed by atoms with Crippen molar-refractivity contribution in [3.05, 3.63) is 28.2 Å². The Morgan fingerprint density at radius 3 is 2.40 bits per heavy atom. The Labute approximate surface area is 126 Å². The SMILES string of the molecule is Cc1ccc(Br)c(NC(=O)N[C@@H](C(=O)O)C(C)(C)C)c1. The molecule has 110 valence electrons. The Morgan fingerprint density at radius 1 is 1.30 bits per heavy atom. The topological polar surface area (TPSA) is 78.4 Å². The van der Waals surface area contributed by atoms with Crippen molar-refractivity contribution in [2.45, 2.75) is 33.7 Å². The number of urea groups is 1. The van der Waals surface area contributed by atoms with Gasteiger partial charge < -0.3 is 15.7 Å². The zero-order valence-corrected chi connectivity index (χ0v) is 13.5. The molecule has 0 bridgehead atoms. The van der Waals surface area contributed by atoms with Gasteiger partial charge in [-0.3, -0.25) is 0 Å². The van der Waals surface area contributed by atoms with Crippen LogP contribution in [0.2, 0.25) is 0 Å². The zero-order chi connectivity index (χ0) is 15.5. The third-order valence-corrected chi connectivity index (χ3v) is 3.45. The molecule has 6 heteroatoms. The summed E-state index contributed by atoms with van der Waals surface area (Å²) in [4.78, 5) is 23.1. The van der Waals surface area contributed by atoms with E-state index in [1.165, 1.54) is 0 Å². The van der Waals surface area contributed by atoms with E-state index in [0.29, 0.717) is 5.69 Å². The second-order valence-corrected chi connectivity index (χ2v) is 6.57. The molecule has 20 heavy (non-hydrogen) atoms. The van der Waals surface area contributed by atoms with Crippen LogP contribution in [-0.4, -0.2) is 23.1 Å². The number of benzene rings is 1. The highest BCUT2D eigenvalue weighted by Gasteiger charge is 2.32. The summed E-state index contributed by atoms with van der Waals surface area (Å²) in [6.07, 6.45) is 0. The molecule has 0 aliphatic rings. The Balaban J connectivity index is 2.81. The summed E-state index contributed by atoms with van der Waals surface area (Å²) < 4.78 is 0.737. The quantitative estimate of drug-likeness (QED) is 0.787. The number of hydrogen-bond acceptors (Lipinski definition) is 2. The van der Waals surface area contributed by atoms with Crippen molar-refractivity contribution in [2.24, 2.45) is 5.41 Å². The van der Waals surface area contributed by atoms with Crippen molar-refractivity contribution in [1.29, 1.82) is 0 Å². The van der Waals surface area contributed by atoms with E-state index in [1.54, 1.807) is 26.8 Å². The lowest BCUT2D eigenvalue weighted by Crippen LogP contribution is -2.50. The summed E-state index contributed by atoms with van der Waals surface area (Å²) in [5.74, 6) is -1.06. The largest absolute Gasteiger partial charge is 0.480 e. The van der Waals surface area contributed by atoms with Crippen LogP contribution in [-0.2, 0) is 4.79 Å². The highest BCUT2D eigenvalue weighted by atomic mass is 79.9. The molecule has 2 amide bonds. The number of halogens is 1. The maximum atomic E-state index is 11.9. The lowest BCUT2D eigenvalue weighted by atomic mass is 9.87. The first-order chi connectivity index (χ1) is 9.11. The number of nitrogens with one attached hydrogen (secondary N) is 2. The molecule has 0 saturated heterocycles. The Hall–Kier alpha value is -1.56. The summed E-state index contributed by atoms with van der Waals surface area (Å²) in [7, 11) is 0. The standard InChI is InChI=1S/C14H19BrN2O3/c1-8-5-6-9(15)10(7-8)16-13(20)17-11(12(18)19)14(2,3)4/h5-7,11H,1-4H3,(H,18,19)(H2,16,17,20)/t11-/m0/s1. The number of amides is 2. The molecular formula is C14H19BrN2O3. The minimum absolute atomic E-state index is 0.543. The van der Waals surface area contributed by atoms with Gasteiger partial charge in [0, 0.05) is 4.47 Å². The molecule has 0 radical (unpaired) electrons. The van der Waals surface area contributed by atoms with Crippen LogP contribution in [0.1, 0.15) is 26.3 Å². The normalized spacial score (nSPS) is 12.7. The number of carboxylic acids is 1. The predicted octanol–water partition coefficient (Wildman–Crippen LogP) is 3.38. The average Bonchev–Trinajstić information content (AvgIpc) is 2.29. The van der Waals surface area contributed by atoms with Crippen LogP contribution in [0.15, 0.2) is 22.7 Å². The molecule has 0 spiro atoms. The average molecular weight is 343 g/mol. The first-order valence-electron chi connectivity index (χ1n) is 6.17. The minimum Gasteiger partial charge on any atom is -0.480 e. The van der Waals surface area contributed by atoms with E-state index < -0.39 is 23.5 Å². The number of aryl methyl sites for hydroxylation is 1. The van der Waals surface area contributed by atoms with Gasteiger partial charge in [-0.1, -0.05) is 26.8 Å². The maximum Gasteiger partial charge on any atom is 0.326 e. The van der Waals surface area contributed by atoms with Crippen LogP contribution in [0, 0.1) is 12.3 Å². The van der Waals surface area contributed by atoms with Crippen LogP contribution >= 0.6 is 15.9 Å². The molecule has 1 rings (SSSR count). The first kappa shape index (κ1) is 16.5. The van der Waals surface area contributed by atoms with Crippen LogP contribution in [0.4, 0.5) is 10.5 Å². The van der Waals surface area contributed by atoms with Crippen LogP contribution in [0.3, 0.4) is 0 Å². The van der Waals surface area contributed by atoms with Gasteiger partial charge in [-0.15, -0.1) is 0 Å². The van der Waals surface area contributed by atoms with Crippen LogP contribution in [0.25, 0.3) is 0 Å². The lowest BCUT2D eigenvalue weighted by Gasteiger charge is -2.27. The van der Waals surface area contributed by atoms with Crippen molar-refractivity contribution in [3.63, 3.8) is 0 Å². The van der Waals surface area contributed by atoms with Gasteiger partial charge in [0.1, 0.15) is 6.04 Å². The summed E-state index contributed by atoms with van der Waals surface area (Å²) in [5, 5.41) is 14.3. The number of hydrogen-bond donors (Lipinski definition) is 3. The molecule has 0 unspecified atom stereocenters. The van der Waals surface area contributed by atoms with Gasteiger partial charge in [0.15, 0.2) is 0 Å². The number of aliphatic carboxylic acids is 1. The molecule has 0 heterocycles. The Kier molecular flexibility index (Phi) is 5.16. The molecular weight excluding hydrogens is 324 g/mol. The number of carbonyl (C=O) groups excluding carboxylic acids is 1. The molecule has 0 saturated carbocycles. The Bertz CT molecular complexity index is 524. The smallest absolute Gasteiger partial charge is 0.326 e. The fourth-order valence-electron chi connectivity index (χ4n) is 1.67. The predicted molar refractivity (Wildman–Crippen MR) is 81.9 cm³/mol. The lowest BCUT2D eigenvalue weighted by molar-refractivity contribution is -0.141. The van der Waals surface area contributed by atoms with Gasteiger partial charge in [-0.05, 0) is 46.0 Å². The fraction of sp³-hybridized carbons (Fsp3) is 0.429. The van der Waals surface area contributed by atoms with Gasteiger partial charge >= 0.3 is 12.0 Å². The van der Waals surface area contributed by atoms with Crippen LogP contribution in [0.5, 0.6) is 0 Å². The molecule has 1 atom stereocenters. The maximum absolute atomic E-state index is 11.9. The van der Waals surface area contributed by atoms with Crippen molar-refractivity contribution >= 4 is 33.6 Å². The Morgan fingerprint density at radius 2 is 1.90 bits per heavy atom. The molecule has 1 aromatic carbocycles. The molecule has 0 aromatic heterocycles. The van der Waals surface area contributed by atoms with Crippen molar-refractivity contribution in [2.75, 3.05) is 5.32 Å². The first-order valence-corrected chi connectivity index (χ1v) is 6.97. The van der Waals surface area contributed by atoms with Crippen molar-refractivity contribution in [1.82, 2.24) is 5.32 Å². The van der Waals surface area contributed by atoms with E-state index in [2.05, 4.69) is 26.6 Å². The molecule has 0 aliphatic heterocycles. The van der Waals surface area contributed by atoms with E-state index in [0.717, 1.165) is 10.0 Å². The number of carbonyl (C=O) groups is 2. The second-order valence-electron chi connectivity index (χ2n) is 5.72. The molecule has 3 N–H and O–H groups in total. The van der Waals surface area contributed by atoms with Gasteiger partial charge in [0.05, 0.1) is 5.69 Å². The fourth-order valence-corrected chi connectivity index (χ4v) is 2.02. The summed E-state index contributed by atoms with van der Waals surface area (Å²) >= 11 is 3.33. The van der Waals surface area contributed by atoms with Crippen LogP contribution < -0.4 is 10.6 Å². The molecule has 1 aromatic rings. The van der Waals surface area contributed by atoms with Gasteiger partial charge in [-0.2, -0.15) is 0 Å². The number of anilines is 1. The highest BCUT2D eigenvalue weighted by Crippen LogP contribution is 2.24. The van der Waals surface area contributed by atoms with E-state index >= 15 is 0 Å². The van der Waals surface area contributed by atoms with E-state index in [1.807, 2.05) is 19.1 Å². The van der Waals surface area contributed by atoms with Crippen molar-refractivity contribution in [3.8, 4) is 0 Å². The summed E-state index contributed by atoms with van der Waals surface area (Å²) in [6, 6.07) is 4.02. The molecule has 0 fully saturated rings. The van der Waals surface area contributed by atoms with Gasteiger partial charge in [0.2, 0.25) is 0 Å². The number of carboxylic acid groups (broad SMARTS) is 1. The van der Waals surface area contributed by atoms with E-state index in [-0.39, 0.29) is 0 Å². The third kappa shape index (κ3) is 4.52. The summed E-state index contributed by atoms with van der Waals surface area (Å²) in [6.45, 7) is 7.18. The van der Waals surface area contributed by atoms with Crippen molar-refractivity contribution < 1.29 is 14.7 Å². The highest BCUT2D eigenvalue weighted by molar-refractivity contribution is 9.10. The third-order valence-electron chi connectivity index (χ3n) is 2.76. The second kappa shape index (κ2) is 6.26. The molecule has 5 nitrogen and oxygen atoms in total. The number of rotatable bonds is 3.